The molecule has 0 radical (unpaired) electrons. The van der Waals surface area contributed by atoms with Crippen LogP contribution in [0.4, 0.5) is 11.8 Å². The van der Waals surface area contributed by atoms with Crippen LogP contribution in [0.1, 0.15) is 71.6 Å². The van der Waals surface area contributed by atoms with E-state index < -0.39 is 40.9 Å². The van der Waals surface area contributed by atoms with Crippen LogP contribution in [-0.2, 0) is 47.5 Å². The molecule has 726 valence electrons. The summed E-state index contributed by atoms with van der Waals surface area (Å²) in [4.78, 5) is 126. The molecule has 0 spiro atoms. The molecule has 14 rings (SSSR count). The number of aromatic carboxylic acids is 1. The number of phenolic OH excluding ortho intramolecular Hbond substituents is 5. The molecule has 0 bridgehead atoms. The molecule has 37 heteroatoms. The second kappa shape index (κ2) is 57.8. The van der Waals surface area contributed by atoms with Crippen LogP contribution in [0.5, 0.6) is 69.0 Å². The van der Waals surface area contributed by atoms with Gasteiger partial charge in [-0.1, -0.05) is 118 Å². The van der Waals surface area contributed by atoms with Gasteiger partial charge in [-0.15, -0.1) is 0 Å². The van der Waals surface area contributed by atoms with Crippen molar-refractivity contribution in [3.63, 3.8) is 0 Å². The molecule has 0 unspecified atom stereocenters. The van der Waals surface area contributed by atoms with E-state index in [1.54, 1.807) is 131 Å². The van der Waals surface area contributed by atoms with E-state index in [2.05, 4.69) is 44.2 Å². The number of nitrogens with zero attached hydrogens (tertiary/aromatic N) is 5. The number of anilines is 2. The number of carboxylic acid groups (broad SMARTS) is 1. The lowest BCUT2D eigenvalue weighted by molar-refractivity contribution is -0.135. The number of ether oxygens (including phenoxy) is 13. The average molecular weight is 1880 g/mol. The minimum atomic E-state index is -1.27. The van der Waals surface area contributed by atoms with Crippen molar-refractivity contribution in [2.75, 3.05) is 195 Å². The Morgan fingerprint density at radius 2 is 0.669 bits per heavy atom. The van der Waals surface area contributed by atoms with Gasteiger partial charge in [0.05, 0.1) is 115 Å². The number of carbonyl (C=O) groups is 8. The quantitative estimate of drug-likeness (QED) is 0.00752. The summed E-state index contributed by atoms with van der Waals surface area (Å²) in [6, 6.07) is 35.7. The highest BCUT2D eigenvalue weighted by atomic mass is 16.6. The van der Waals surface area contributed by atoms with Gasteiger partial charge in [-0.3, -0.25) is 33.6 Å². The Morgan fingerprint density at radius 3 is 1.10 bits per heavy atom. The van der Waals surface area contributed by atoms with Crippen LogP contribution < -0.4 is 49.1 Å². The van der Waals surface area contributed by atoms with Crippen molar-refractivity contribution in [3.05, 3.63) is 264 Å². The maximum atomic E-state index is 12.6. The van der Waals surface area contributed by atoms with E-state index in [1.807, 2.05) is 9.80 Å². The lowest BCUT2D eigenvalue weighted by Crippen LogP contribution is -2.41. The molecule has 5 aliphatic heterocycles. The van der Waals surface area contributed by atoms with Crippen LogP contribution in [0, 0.1) is 0 Å². The highest BCUT2D eigenvalue weighted by Crippen LogP contribution is 2.37. The van der Waals surface area contributed by atoms with Crippen molar-refractivity contribution in [2.45, 2.75) is 19.8 Å². The molecule has 5 saturated heterocycles. The average Bonchev–Trinajstić information content (AvgIpc) is 0.807. The minimum Gasteiger partial charge on any atom is -0.504 e. The summed E-state index contributed by atoms with van der Waals surface area (Å²) in [6.07, 6.45) is 9.09. The molecular weight excluding hydrogens is 1770 g/mol. The molecule has 9 aromatic rings. The monoisotopic (exact) mass is 1880 g/mol. The Hall–Kier alpha value is -15.4. The third-order valence-electron chi connectivity index (χ3n) is 19.6. The fraction of sp³-hybridized carbons (Fsp3) is 0.313. The summed E-state index contributed by atoms with van der Waals surface area (Å²) in [5, 5.41) is 65.1. The second-order valence-electron chi connectivity index (χ2n) is 28.8. The molecule has 7 N–H and O–H groups in total. The highest BCUT2D eigenvalue weighted by Gasteiger charge is 2.28. The van der Waals surface area contributed by atoms with Gasteiger partial charge in [0.15, 0.2) is 114 Å². The standard InChI is InChI=1S/C19H23NO5.C16H19NO5.C16H17NO4.C14H16O4.C13H13NO4.C8H8O4.C7H6O4.C6H11NO2/c1-3-10-24-17-7-5-6-15(19(17)25-11-4-2)16(21)14-18(22)20-8-12-23-13-9-20;1-2-8-22-14-5-3-4-12(16(14)20)13(18)11-15(19)17-6-9-21-10-7-17;1-2-8-20-14-5-3-4-12-13(18)11-15(21-16(12)14)17-6-9-19-10-7-17;1-4-9-17-12-8-6-7-11(14(15)16-3)13(12)18-10-5-2;15-10-3-1-2-9-11(16)8-12(18-13(9)10)14-4-6-17-7-5-14;1-12-8(11)5-3-2-4-6(9)7(5)10;8-5-3-1-2-4(6(5)9)7(10)11;1-6(8)7-2-4-9-5-3-7/h3-7H,1-2,8-14H2;2-5,20H,1,6-11H2;2-5,11H,1,6-10H2;4-8H,1-2,9-10H2,3H3;1-3,8,15H,4-7H2;2-4,9-10H,1H3;1-3,8-9H,(H,10,11);2-5H2,1H3. The first-order chi connectivity index (χ1) is 65.7. The fourth-order valence-electron chi connectivity index (χ4n) is 12.8. The lowest BCUT2D eigenvalue weighted by atomic mass is 10.1. The van der Waals surface area contributed by atoms with Crippen LogP contribution in [-0.4, -0.2) is 283 Å². The third-order valence-corrected chi connectivity index (χ3v) is 19.6. The van der Waals surface area contributed by atoms with Gasteiger partial charge in [0.1, 0.15) is 56.3 Å². The van der Waals surface area contributed by atoms with Gasteiger partial charge in [0, 0.05) is 84.5 Å². The number of fused-ring (bicyclic) bond motifs is 2. The Labute approximate surface area is 784 Å². The van der Waals surface area contributed by atoms with E-state index in [1.165, 1.54) is 81.0 Å². The number of rotatable bonds is 29. The number of ketones is 2. The molecule has 0 atom stereocenters. The van der Waals surface area contributed by atoms with Gasteiger partial charge in [0.25, 0.3) is 0 Å². The van der Waals surface area contributed by atoms with E-state index in [4.69, 9.17) is 91.2 Å². The maximum absolute atomic E-state index is 12.6. The molecule has 3 amide bonds. The summed E-state index contributed by atoms with van der Waals surface area (Å²) >= 11 is 0. The van der Waals surface area contributed by atoms with Crippen LogP contribution in [0.15, 0.2) is 234 Å². The first-order valence-corrected chi connectivity index (χ1v) is 42.7. The van der Waals surface area contributed by atoms with E-state index in [9.17, 15) is 58.2 Å². The Balaban J connectivity index is 0.000000215. The molecule has 5 fully saturated rings. The molecule has 0 saturated carbocycles. The van der Waals surface area contributed by atoms with Crippen molar-refractivity contribution < 1.29 is 145 Å². The number of Topliss-reactive ketones (excluding diaryl/α,β-unsaturated/α-hetero) is 2. The Morgan fingerprint density at radius 1 is 0.353 bits per heavy atom. The van der Waals surface area contributed by atoms with E-state index in [0.29, 0.717) is 200 Å². The molecular formula is C99H113N5O32. The van der Waals surface area contributed by atoms with E-state index in [0.717, 1.165) is 13.1 Å². The van der Waals surface area contributed by atoms with Crippen molar-refractivity contribution in [3.8, 4) is 69.0 Å². The molecule has 7 heterocycles. The Bertz CT molecular complexity index is 5660. The van der Waals surface area contributed by atoms with Crippen LogP contribution in [0.3, 0.4) is 0 Å². The molecule has 0 aliphatic carbocycles. The first-order valence-electron chi connectivity index (χ1n) is 42.7. The summed E-state index contributed by atoms with van der Waals surface area (Å²) in [6.45, 7) is 36.9. The number of hydrogen-bond acceptors (Lipinski definition) is 33. The fourth-order valence-corrected chi connectivity index (χ4v) is 12.8. The number of amides is 3. The number of phenols is 6. The first kappa shape index (κ1) is 108. The molecule has 2 aromatic heterocycles. The smallest absolute Gasteiger partial charge is 0.341 e. The van der Waals surface area contributed by atoms with Gasteiger partial charge in [0.2, 0.25) is 17.7 Å². The minimum absolute atomic E-state index is 0.0142. The number of benzene rings is 7. The summed E-state index contributed by atoms with van der Waals surface area (Å²) in [5.74, 6) is -2.16. The van der Waals surface area contributed by atoms with E-state index in [-0.39, 0.29) is 119 Å². The zero-order chi connectivity index (χ0) is 98.9. The number of carboxylic acids is 1. The van der Waals surface area contributed by atoms with Gasteiger partial charge >= 0.3 is 17.9 Å². The number of esters is 2. The number of morpholine rings is 5. The number of aromatic hydroxyl groups is 6. The lowest BCUT2D eigenvalue weighted by Gasteiger charge is -2.27. The van der Waals surface area contributed by atoms with Crippen LogP contribution in [0.25, 0.3) is 21.9 Å². The summed E-state index contributed by atoms with van der Waals surface area (Å²) < 4.78 is 79.5. The zero-order valence-corrected chi connectivity index (χ0v) is 75.9. The molecule has 5 aliphatic rings. The normalized spacial score (nSPS) is 13.5. The van der Waals surface area contributed by atoms with Gasteiger partial charge in [-0.05, 0) is 84.9 Å². The SMILES string of the molecule is C=CCOc1cccc(C(=O)CC(=O)N2CCOCC2)c1O.C=CCOc1cccc(C(=O)CC(=O)N2CCOCC2)c1OCC=C.C=CCOc1cccc(C(=O)OC)c1OCC=C.C=CCOc1cccc2c(=O)cc(N3CCOCC3)oc12.CC(=O)N1CCOCC1.COC(=O)c1cccc(O)c1O.O=C(O)c1cccc(O)c1O.O=c1cc(N2CCOCC2)oc2c(O)cccc12. The molecule has 136 heavy (non-hydrogen) atoms. The largest absolute Gasteiger partial charge is 0.504 e. The molecule has 7 aromatic carbocycles. The zero-order valence-electron chi connectivity index (χ0n) is 75.9. The summed E-state index contributed by atoms with van der Waals surface area (Å²) in [7, 11) is 2.52. The van der Waals surface area contributed by atoms with E-state index >= 15 is 0 Å². The van der Waals surface area contributed by atoms with Gasteiger partial charge in [-0.2, -0.15) is 0 Å². The topological polar surface area (TPSA) is 475 Å². The van der Waals surface area contributed by atoms with Crippen LogP contribution >= 0.6 is 0 Å². The van der Waals surface area contributed by atoms with Gasteiger partial charge in [-0.25, -0.2) is 14.4 Å². The third kappa shape index (κ3) is 33.1. The maximum Gasteiger partial charge on any atom is 0.341 e. The molecule has 37 nitrogen and oxygen atoms in total. The van der Waals surface area contributed by atoms with Crippen molar-refractivity contribution in [1.82, 2.24) is 14.7 Å². The summed E-state index contributed by atoms with van der Waals surface area (Å²) in [5.41, 5.74) is 0.895. The highest BCUT2D eigenvalue weighted by molar-refractivity contribution is 6.10. The number of methoxy groups -OCH3 is 2. The van der Waals surface area contributed by atoms with Crippen molar-refractivity contribution in [2.24, 2.45) is 0 Å². The predicted octanol–water partition coefficient (Wildman–Crippen LogP) is 11.3. The van der Waals surface area contributed by atoms with Crippen molar-refractivity contribution in [1.29, 1.82) is 0 Å². The Kier molecular flexibility index (Phi) is 45.7. The second-order valence-corrected chi connectivity index (χ2v) is 28.8. The van der Waals surface area contributed by atoms with Crippen LogP contribution in [0.2, 0.25) is 0 Å². The van der Waals surface area contributed by atoms with Crippen molar-refractivity contribution >= 4 is 80.9 Å². The number of hydrogen-bond donors (Lipinski definition) is 7. The van der Waals surface area contributed by atoms with Gasteiger partial charge < -0.3 is 131 Å². The predicted molar refractivity (Wildman–Crippen MR) is 503 cm³/mol. The number of carbonyl (C=O) groups excluding carboxylic acids is 7. The number of para-hydroxylation sites is 7.